The molecule has 1 aliphatic rings. The van der Waals surface area contributed by atoms with E-state index in [1.807, 2.05) is 0 Å². The van der Waals surface area contributed by atoms with Crippen LogP contribution in [0.15, 0.2) is 36.4 Å². The number of likely N-dealkylation sites (tertiary alicyclic amines) is 1. The van der Waals surface area contributed by atoms with Crippen molar-refractivity contribution in [2.24, 2.45) is 5.73 Å². The molecule has 1 fully saturated rings. The smallest absolute Gasteiger partial charge is 0.256 e. The molecular formula is C21H26ClN3O4. The second kappa shape index (κ2) is 10.1. The van der Waals surface area contributed by atoms with Crippen molar-refractivity contribution in [3.05, 3.63) is 53.1 Å². The molecule has 7 nitrogen and oxygen atoms in total. The lowest BCUT2D eigenvalue weighted by molar-refractivity contribution is 0.0793. The van der Waals surface area contributed by atoms with E-state index < -0.39 is 0 Å². The van der Waals surface area contributed by atoms with Gasteiger partial charge in [-0.1, -0.05) is 12.1 Å². The van der Waals surface area contributed by atoms with Gasteiger partial charge in [0, 0.05) is 31.3 Å². The minimum absolute atomic E-state index is 0. The lowest BCUT2D eigenvalue weighted by Gasteiger charge is -2.20. The van der Waals surface area contributed by atoms with E-state index in [2.05, 4.69) is 5.32 Å². The summed E-state index contributed by atoms with van der Waals surface area (Å²) in [6.07, 6.45) is 1.96. The number of nitrogens with one attached hydrogen (secondary N) is 1. The molecule has 1 saturated heterocycles. The van der Waals surface area contributed by atoms with Crippen LogP contribution in [0.5, 0.6) is 11.5 Å². The van der Waals surface area contributed by atoms with Gasteiger partial charge in [-0.25, -0.2) is 0 Å². The molecule has 0 unspecified atom stereocenters. The fourth-order valence-corrected chi connectivity index (χ4v) is 3.24. The van der Waals surface area contributed by atoms with Gasteiger partial charge in [-0.15, -0.1) is 12.4 Å². The molecule has 0 saturated carbocycles. The van der Waals surface area contributed by atoms with Crippen LogP contribution < -0.4 is 20.5 Å². The Kier molecular flexibility index (Phi) is 7.87. The van der Waals surface area contributed by atoms with Gasteiger partial charge in [0.1, 0.15) is 0 Å². The number of nitrogens with two attached hydrogens (primary N) is 1. The minimum atomic E-state index is -0.314. The Bertz CT molecular complexity index is 865. The van der Waals surface area contributed by atoms with E-state index in [0.717, 1.165) is 18.4 Å². The first kappa shape index (κ1) is 22.5. The van der Waals surface area contributed by atoms with Crippen LogP contribution in [0.1, 0.15) is 39.1 Å². The third-order valence-corrected chi connectivity index (χ3v) is 4.85. The number of anilines is 1. The molecular weight excluding hydrogens is 394 g/mol. The van der Waals surface area contributed by atoms with Crippen LogP contribution in [0.4, 0.5) is 5.69 Å². The van der Waals surface area contributed by atoms with Crippen LogP contribution in [0.2, 0.25) is 0 Å². The molecule has 1 heterocycles. The lowest BCUT2D eigenvalue weighted by atomic mass is 10.1. The van der Waals surface area contributed by atoms with Crippen LogP contribution in [0, 0.1) is 0 Å². The molecule has 3 N–H and O–H groups in total. The first-order valence-corrected chi connectivity index (χ1v) is 9.23. The number of rotatable bonds is 6. The van der Waals surface area contributed by atoms with Crippen molar-refractivity contribution < 1.29 is 19.1 Å². The Morgan fingerprint density at radius 3 is 2.17 bits per heavy atom. The van der Waals surface area contributed by atoms with Crippen molar-refractivity contribution in [2.45, 2.75) is 19.4 Å². The highest BCUT2D eigenvalue weighted by Crippen LogP contribution is 2.34. The Morgan fingerprint density at radius 2 is 1.62 bits per heavy atom. The van der Waals surface area contributed by atoms with Crippen LogP contribution in [-0.4, -0.2) is 44.0 Å². The van der Waals surface area contributed by atoms with E-state index in [0.29, 0.717) is 47.9 Å². The first-order chi connectivity index (χ1) is 13.6. The normalized spacial score (nSPS) is 12.9. The third kappa shape index (κ3) is 4.99. The second-order valence-electron chi connectivity index (χ2n) is 6.61. The first-order valence-electron chi connectivity index (χ1n) is 9.23. The molecule has 2 aromatic carbocycles. The quantitative estimate of drug-likeness (QED) is 0.750. The average Bonchev–Trinajstić information content (AvgIpc) is 3.27. The van der Waals surface area contributed by atoms with E-state index in [1.165, 1.54) is 14.2 Å². The van der Waals surface area contributed by atoms with Gasteiger partial charge < -0.3 is 25.4 Å². The van der Waals surface area contributed by atoms with E-state index in [4.69, 9.17) is 15.2 Å². The summed E-state index contributed by atoms with van der Waals surface area (Å²) in [7, 11) is 3.02. The summed E-state index contributed by atoms with van der Waals surface area (Å²) in [5.74, 6) is 0.433. The number of halogens is 1. The van der Waals surface area contributed by atoms with Gasteiger partial charge in [0.15, 0.2) is 11.5 Å². The fourth-order valence-electron chi connectivity index (χ4n) is 3.24. The zero-order valence-corrected chi connectivity index (χ0v) is 17.4. The summed E-state index contributed by atoms with van der Waals surface area (Å²) in [4.78, 5) is 27.5. The lowest BCUT2D eigenvalue weighted by Crippen LogP contribution is -2.29. The van der Waals surface area contributed by atoms with Gasteiger partial charge in [-0.2, -0.15) is 0 Å². The predicted octanol–water partition coefficient (Wildman–Crippen LogP) is 3.07. The summed E-state index contributed by atoms with van der Waals surface area (Å²) in [6.45, 7) is 1.83. The van der Waals surface area contributed by atoms with Crippen molar-refractivity contribution in [1.29, 1.82) is 0 Å². The van der Waals surface area contributed by atoms with E-state index in [-0.39, 0.29) is 24.2 Å². The zero-order chi connectivity index (χ0) is 20.1. The molecule has 0 spiro atoms. The number of amides is 2. The van der Waals surface area contributed by atoms with Crippen molar-refractivity contribution in [3.8, 4) is 11.5 Å². The monoisotopic (exact) mass is 419 g/mol. The number of hydrogen-bond acceptors (Lipinski definition) is 5. The Morgan fingerprint density at radius 1 is 1.03 bits per heavy atom. The second-order valence-corrected chi connectivity index (χ2v) is 6.61. The van der Waals surface area contributed by atoms with Crippen molar-refractivity contribution in [1.82, 2.24) is 4.90 Å². The maximum Gasteiger partial charge on any atom is 0.256 e. The highest BCUT2D eigenvalue weighted by Gasteiger charge is 2.25. The average molecular weight is 420 g/mol. The summed E-state index contributed by atoms with van der Waals surface area (Å²) in [5, 5.41) is 2.84. The SMILES string of the molecule is COc1cc(NC(=O)c2ccc(CN)cc2)c(C(=O)N2CCCC2)cc1OC.Cl. The molecule has 0 aliphatic carbocycles. The molecule has 0 atom stereocenters. The number of nitrogens with zero attached hydrogens (tertiary/aromatic N) is 1. The fraction of sp³-hybridized carbons (Fsp3) is 0.333. The van der Waals surface area contributed by atoms with Crippen molar-refractivity contribution in [3.63, 3.8) is 0 Å². The van der Waals surface area contributed by atoms with Gasteiger partial charge in [-0.05, 0) is 36.6 Å². The van der Waals surface area contributed by atoms with Crippen molar-refractivity contribution >= 4 is 29.9 Å². The third-order valence-electron chi connectivity index (χ3n) is 4.85. The highest BCUT2D eigenvalue weighted by atomic mass is 35.5. The number of hydrogen-bond donors (Lipinski definition) is 2. The highest BCUT2D eigenvalue weighted by molar-refractivity contribution is 6.09. The van der Waals surface area contributed by atoms with Crippen LogP contribution in [0.3, 0.4) is 0 Å². The Balaban J connectivity index is 0.00000300. The molecule has 3 rings (SSSR count). The molecule has 1 aliphatic heterocycles. The molecule has 2 amide bonds. The van der Waals surface area contributed by atoms with E-state index in [1.54, 1.807) is 41.3 Å². The number of methoxy groups -OCH3 is 2. The molecule has 8 heteroatoms. The van der Waals surface area contributed by atoms with Crippen LogP contribution in [0.25, 0.3) is 0 Å². The largest absolute Gasteiger partial charge is 0.493 e. The molecule has 2 aromatic rings. The topological polar surface area (TPSA) is 93.9 Å². The zero-order valence-electron chi connectivity index (χ0n) is 16.6. The Labute approximate surface area is 176 Å². The van der Waals surface area contributed by atoms with Crippen LogP contribution >= 0.6 is 12.4 Å². The minimum Gasteiger partial charge on any atom is -0.493 e. The number of ether oxygens (including phenoxy) is 2. The summed E-state index contributed by atoms with van der Waals surface area (Å²) < 4.78 is 10.7. The van der Waals surface area contributed by atoms with Gasteiger partial charge in [0.25, 0.3) is 11.8 Å². The van der Waals surface area contributed by atoms with Gasteiger partial charge in [-0.3, -0.25) is 9.59 Å². The maximum atomic E-state index is 13.0. The summed E-state index contributed by atoms with van der Waals surface area (Å²) in [5.41, 5.74) is 7.79. The number of carbonyl (C=O) groups excluding carboxylic acids is 2. The molecule has 0 bridgehead atoms. The molecule has 0 radical (unpaired) electrons. The van der Waals surface area contributed by atoms with Crippen molar-refractivity contribution in [2.75, 3.05) is 32.6 Å². The summed E-state index contributed by atoms with van der Waals surface area (Å²) >= 11 is 0. The standard InChI is InChI=1S/C21H25N3O4.ClH/c1-27-18-11-16(21(26)24-9-3-4-10-24)17(12-19(18)28-2)23-20(25)15-7-5-14(13-22)6-8-15;/h5-8,11-12H,3-4,9-10,13,22H2,1-2H3,(H,23,25);1H. The molecule has 156 valence electrons. The Hall–Kier alpha value is -2.77. The maximum absolute atomic E-state index is 13.0. The van der Waals surface area contributed by atoms with Gasteiger partial charge in [0.05, 0.1) is 25.5 Å². The van der Waals surface area contributed by atoms with Gasteiger partial charge in [0.2, 0.25) is 0 Å². The molecule has 0 aromatic heterocycles. The molecule has 29 heavy (non-hydrogen) atoms. The number of carbonyl (C=O) groups is 2. The van der Waals surface area contributed by atoms with E-state index in [9.17, 15) is 9.59 Å². The number of benzene rings is 2. The van der Waals surface area contributed by atoms with Gasteiger partial charge >= 0.3 is 0 Å². The predicted molar refractivity (Wildman–Crippen MR) is 114 cm³/mol. The summed E-state index contributed by atoms with van der Waals surface area (Å²) in [6, 6.07) is 10.3. The van der Waals surface area contributed by atoms with Crippen LogP contribution in [-0.2, 0) is 6.54 Å². The van der Waals surface area contributed by atoms with E-state index >= 15 is 0 Å².